The van der Waals surface area contributed by atoms with Crippen LogP contribution in [0, 0.1) is 0 Å². The van der Waals surface area contributed by atoms with Gasteiger partial charge in [0.25, 0.3) is 0 Å². The Balaban J connectivity index is 1.95. The van der Waals surface area contributed by atoms with Gasteiger partial charge >= 0.3 is 0 Å². The van der Waals surface area contributed by atoms with Crippen molar-refractivity contribution in [1.29, 1.82) is 0 Å². The summed E-state index contributed by atoms with van der Waals surface area (Å²) in [6.07, 6.45) is 15.3. The molecule has 0 aromatic heterocycles. The van der Waals surface area contributed by atoms with Crippen LogP contribution in [0.5, 0.6) is 0 Å². The molecule has 0 heterocycles. The number of carbonyl (C=O) groups excluding carboxylic acids is 1. The number of rotatable bonds is 12. The van der Waals surface area contributed by atoms with E-state index in [2.05, 4.69) is 12.2 Å². The van der Waals surface area contributed by atoms with E-state index in [1.165, 1.54) is 51.4 Å². The number of hydrogen-bond donors (Lipinski definition) is 1. The van der Waals surface area contributed by atoms with E-state index in [1.54, 1.807) is 6.08 Å². The van der Waals surface area contributed by atoms with Crippen molar-refractivity contribution < 1.29 is 4.79 Å². The summed E-state index contributed by atoms with van der Waals surface area (Å²) in [6.45, 7) is 2.85. The zero-order valence-electron chi connectivity index (χ0n) is 14.0. The molecule has 0 bridgehead atoms. The lowest BCUT2D eigenvalue weighted by molar-refractivity contribution is -0.116. The van der Waals surface area contributed by atoms with Gasteiger partial charge in [-0.3, -0.25) is 4.79 Å². The Morgan fingerprint density at radius 3 is 2.27 bits per heavy atom. The second kappa shape index (κ2) is 13.1. The van der Waals surface area contributed by atoms with Crippen molar-refractivity contribution >= 4 is 5.91 Å². The summed E-state index contributed by atoms with van der Waals surface area (Å²) < 4.78 is 0. The first kappa shape index (κ1) is 18.5. The maximum atomic E-state index is 11.7. The molecule has 0 aliphatic carbocycles. The van der Waals surface area contributed by atoms with Crippen LogP contribution >= 0.6 is 0 Å². The maximum Gasteiger partial charge on any atom is 0.243 e. The van der Waals surface area contributed by atoms with Gasteiger partial charge in [-0.15, -0.1) is 0 Å². The highest BCUT2D eigenvalue weighted by Crippen LogP contribution is 2.09. The Kier molecular flexibility index (Phi) is 11.0. The topological polar surface area (TPSA) is 29.1 Å². The molecule has 22 heavy (non-hydrogen) atoms. The first-order valence-corrected chi connectivity index (χ1v) is 8.81. The molecule has 1 aromatic carbocycles. The fourth-order valence-corrected chi connectivity index (χ4v) is 2.43. The number of nitrogens with one attached hydrogen (secondary N) is 1. The standard InChI is InChI=1S/C20H31NO/c1-2-3-4-5-6-7-8-9-10-14-17-20(22)21-18-19-15-12-11-13-16-19/h11-17H,2-10,18H2,1H3,(H,21,22)/b17-14-. The van der Waals surface area contributed by atoms with Gasteiger partial charge in [0, 0.05) is 6.54 Å². The highest BCUT2D eigenvalue weighted by atomic mass is 16.1. The number of hydrogen-bond acceptors (Lipinski definition) is 1. The lowest BCUT2D eigenvalue weighted by Gasteiger charge is -2.02. The summed E-state index contributed by atoms with van der Waals surface area (Å²) in [4.78, 5) is 11.7. The van der Waals surface area contributed by atoms with E-state index in [4.69, 9.17) is 0 Å². The summed E-state index contributed by atoms with van der Waals surface area (Å²) >= 11 is 0. The van der Waals surface area contributed by atoms with Gasteiger partial charge in [-0.2, -0.15) is 0 Å². The van der Waals surface area contributed by atoms with Gasteiger partial charge in [-0.1, -0.05) is 88.3 Å². The van der Waals surface area contributed by atoms with Crippen LogP contribution in [-0.2, 0) is 11.3 Å². The first-order chi connectivity index (χ1) is 10.8. The number of amides is 1. The van der Waals surface area contributed by atoms with Gasteiger partial charge < -0.3 is 5.32 Å². The molecule has 0 aliphatic heterocycles. The number of unbranched alkanes of at least 4 members (excludes halogenated alkanes) is 8. The molecule has 122 valence electrons. The number of allylic oxidation sites excluding steroid dienone is 1. The smallest absolute Gasteiger partial charge is 0.243 e. The normalized spacial score (nSPS) is 11.0. The van der Waals surface area contributed by atoms with Crippen LogP contribution in [0.15, 0.2) is 42.5 Å². The Morgan fingerprint density at radius 1 is 0.955 bits per heavy atom. The molecule has 1 rings (SSSR count). The van der Waals surface area contributed by atoms with Crippen molar-refractivity contribution in [3.05, 3.63) is 48.0 Å². The molecule has 0 fully saturated rings. The van der Waals surface area contributed by atoms with Crippen molar-refractivity contribution in [2.75, 3.05) is 0 Å². The van der Waals surface area contributed by atoms with E-state index >= 15 is 0 Å². The maximum absolute atomic E-state index is 11.7. The van der Waals surface area contributed by atoms with E-state index in [1.807, 2.05) is 36.4 Å². The zero-order chi connectivity index (χ0) is 15.9. The molecule has 0 radical (unpaired) electrons. The molecule has 0 spiro atoms. The van der Waals surface area contributed by atoms with E-state index in [-0.39, 0.29) is 5.91 Å². The van der Waals surface area contributed by atoms with Crippen molar-refractivity contribution in [3.63, 3.8) is 0 Å². The lowest BCUT2D eigenvalue weighted by atomic mass is 10.1. The summed E-state index contributed by atoms with van der Waals surface area (Å²) in [7, 11) is 0. The van der Waals surface area contributed by atoms with Crippen molar-refractivity contribution in [3.8, 4) is 0 Å². The SMILES string of the molecule is CCCCCCCCCC/C=C\C(=O)NCc1ccccc1. The quantitative estimate of drug-likeness (QED) is 0.407. The highest BCUT2D eigenvalue weighted by Gasteiger charge is 1.95. The number of benzene rings is 1. The molecule has 1 aromatic rings. The number of carbonyl (C=O) groups is 1. The van der Waals surface area contributed by atoms with E-state index in [0.29, 0.717) is 6.54 Å². The molecule has 0 atom stereocenters. The van der Waals surface area contributed by atoms with Gasteiger partial charge in [0.2, 0.25) is 5.91 Å². The van der Waals surface area contributed by atoms with Gasteiger partial charge in [0.1, 0.15) is 0 Å². The average Bonchev–Trinajstić information content (AvgIpc) is 2.55. The molecule has 2 heteroatoms. The molecule has 0 unspecified atom stereocenters. The minimum Gasteiger partial charge on any atom is -0.348 e. The summed E-state index contributed by atoms with van der Waals surface area (Å²) in [5.74, 6) is 0.00317. The molecular formula is C20H31NO. The van der Waals surface area contributed by atoms with Crippen LogP contribution in [0.25, 0.3) is 0 Å². The van der Waals surface area contributed by atoms with Crippen LogP contribution in [0.4, 0.5) is 0 Å². The minimum atomic E-state index is 0.00317. The van der Waals surface area contributed by atoms with E-state index in [9.17, 15) is 4.79 Å². The molecule has 0 aliphatic rings. The lowest BCUT2D eigenvalue weighted by Crippen LogP contribution is -2.20. The Bertz CT molecular complexity index is 411. The Morgan fingerprint density at radius 2 is 1.59 bits per heavy atom. The monoisotopic (exact) mass is 301 g/mol. The van der Waals surface area contributed by atoms with Gasteiger partial charge in [0.15, 0.2) is 0 Å². The molecule has 1 N–H and O–H groups in total. The van der Waals surface area contributed by atoms with Crippen LogP contribution < -0.4 is 5.32 Å². The van der Waals surface area contributed by atoms with E-state index in [0.717, 1.165) is 12.0 Å². The van der Waals surface area contributed by atoms with Crippen molar-refractivity contribution in [2.24, 2.45) is 0 Å². The zero-order valence-corrected chi connectivity index (χ0v) is 14.0. The average molecular weight is 301 g/mol. The third-order valence-corrected chi connectivity index (χ3v) is 3.80. The van der Waals surface area contributed by atoms with Gasteiger partial charge in [-0.25, -0.2) is 0 Å². The first-order valence-electron chi connectivity index (χ1n) is 8.81. The minimum absolute atomic E-state index is 0.00317. The van der Waals surface area contributed by atoms with Crippen molar-refractivity contribution in [2.45, 2.75) is 71.3 Å². The summed E-state index contributed by atoms with van der Waals surface area (Å²) in [5.41, 5.74) is 1.13. The van der Waals surface area contributed by atoms with Crippen LogP contribution in [0.2, 0.25) is 0 Å². The third-order valence-electron chi connectivity index (χ3n) is 3.80. The van der Waals surface area contributed by atoms with Crippen LogP contribution in [-0.4, -0.2) is 5.91 Å². The molecular weight excluding hydrogens is 270 g/mol. The Hall–Kier alpha value is -1.57. The highest BCUT2D eigenvalue weighted by molar-refractivity contribution is 5.87. The molecule has 1 amide bonds. The summed E-state index contributed by atoms with van der Waals surface area (Å²) in [5, 5.41) is 2.90. The fraction of sp³-hybridized carbons (Fsp3) is 0.550. The van der Waals surface area contributed by atoms with Crippen molar-refractivity contribution in [1.82, 2.24) is 5.32 Å². The second-order valence-corrected chi connectivity index (χ2v) is 5.87. The van der Waals surface area contributed by atoms with E-state index < -0.39 is 0 Å². The third kappa shape index (κ3) is 10.2. The Labute approximate surface area is 136 Å². The largest absolute Gasteiger partial charge is 0.348 e. The molecule has 0 saturated carbocycles. The molecule has 0 saturated heterocycles. The molecule has 2 nitrogen and oxygen atoms in total. The fourth-order valence-electron chi connectivity index (χ4n) is 2.43. The second-order valence-electron chi connectivity index (χ2n) is 5.87. The predicted octanol–water partition coefficient (Wildman–Crippen LogP) is 5.39. The van der Waals surface area contributed by atoms with Gasteiger partial charge in [-0.05, 0) is 24.5 Å². The summed E-state index contributed by atoms with van der Waals surface area (Å²) in [6, 6.07) is 9.99. The van der Waals surface area contributed by atoms with Crippen LogP contribution in [0.3, 0.4) is 0 Å². The van der Waals surface area contributed by atoms with Crippen LogP contribution in [0.1, 0.15) is 70.3 Å². The predicted molar refractivity (Wildman–Crippen MR) is 94.7 cm³/mol. The van der Waals surface area contributed by atoms with Gasteiger partial charge in [0.05, 0.1) is 0 Å².